The summed E-state index contributed by atoms with van der Waals surface area (Å²) < 4.78 is 0. The smallest absolute Gasteiger partial charge is 0.0619 e. The highest BCUT2D eigenvalue weighted by Crippen LogP contribution is 2.63. The van der Waals surface area contributed by atoms with Gasteiger partial charge in [-0.3, -0.25) is 0 Å². The fraction of sp³-hybridized carbons (Fsp3) is 0.342. The molecule has 0 aromatic heterocycles. The highest BCUT2D eigenvalue weighted by Gasteiger charge is 2.52. The van der Waals surface area contributed by atoms with E-state index in [1.165, 1.54) is 168 Å². The number of rotatable bonds is 6. The first-order valence-corrected chi connectivity index (χ1v) is 28.7. The molecule has 73 heavy (non-hydrogen) atoms. The second-order valence-electron chi connectivity index (χ2n) is 25.0. The molecule has 362 valence electrons. The Hall–Kier alpha value is -6.24. The Labute approximate surface area is 435 Å². The monoisotopic (exact) mass is 947 g/mol. The zero-order valence-corrected chi connectivity index (χ0v) is 43.2. The maximum absolute atomic E-state index is 2.61. The van der Waals surface area contributed by atoms with Crippen molar-refractivity contribution >= 4 is 0 Å². The first-order valence-electron chi connectivity index (χ1n) is 28.7. The van der Waals surface area contributed by atoms with Crippen LogP contribution in [0.4, 0.5) is 0 Å². The van der Waals surface area contributed by atoms with Crippen molar-refractivity contribution < 1.29 is 0 Å². The van der Waals surface area contributed by atoms with E-state index in [1.807, 2.05) is 0 Å². The quantitative estimate of drug-likeness (QED) is 0.156. The highest BCUT2D eigenvalue weighted by molar-refractivity contribution is 5.87. The van der Waals surface area contributed by atoms with Crippen LogP contribution < -0.4 is 0 Å². The van der Waals surface area contributed by atoms with Crippen molar-refractivity contribution in [3.8, 4) is 55.6 Å². The number of hydrogen-bond donors (Lipinski definition) is 0. The third kappa shape index (κ3) is 6.84. The van der Waals surface area contributed by atoms with Crippen molar-refractivity contribution in [3.05, 3.63) is 226 Å². The van der Waals surface area contributed by atoms with Gasteiger partial charge in [-0.05, 0) is 236 Å². The molecule has 0 saturated heterocycles. The lowest BCUT2D eigenvalue weighted by molar-refractivity contribution is 0.0598. The molecule has 0 amide bonds. The van der Waals surface area contributed by atoms with Gasteiger partial charge in [-0.15, -0.1) is 0 Å². The summed E-state index contributed by atoms with van der Waals surface area (Å²) in [6.07, 6.45) is 19.5. The molecule has 0 unspecified atom stereocenters. The fourth-order valence-electron chi connectivity index (χ4n) is 18.1. The highest BCUT2D eigenvalue weighted by atomic mass is 14.6. The topological polar surface area (TPSA) is 0 Å². The molecule has 7 aliphatic rings. The van der Waals surface area contributed by atoms with E-state index in [1.54, 1.807) is 22.3 Å². The third-order valence-electron chi connectivity index (χ3n) is 21.7. The van der Waals surface area contributed by atoms with Crippen LogP contribution in [-0.2, 0) is 18.3 Å². The van der Waals surface area contributed by atoms with Gasteiger partial charge in [-0.1, -0.05) is 197 Å². The largest absolute Gasteiger partial charge is 0.0713 e. The fourth-order valence-corrected chi connectivity index (χ4v) is 18.1. The molecule has 0 aliphatic heterocycles. The van der Waals surface area contributed by atoms with Crippen LogP contribution in [0.1, 0.15) is 147 Å². The van der Waals surface area contributed by atoms with E-state index in [9.17, 15) is 0 Å². The molecule has 0 heteroatoms. The van der Waals surface area contributed by atoms with Crippen molar-refractivity contribution in [1.82, 2.24) is 0 Å². The summed E-state index contributed by atoms with van der Waals surface area (Å²) in [5, 5.41) is 0. The minimum atomic E-state index is -0.493. The van der Waals surface area contributed by atoms with E-state index >= 15 is 0 Å². The van der Waals surface area contributed by atoms with Gasteiger partial charge in [0.25, 0.3) is 0 Å². The zero-order valence-electron chi connectivity index (χ0n) is 43.2. The van der Waals surface area contributed by atoms with Crippen LogP contribution >= 0.6 is 0 Å². The maximum atomic E-state index is 2.61. The van der Waals surface area contributed by atoms with E-state index < -0.39 is 5.41 Å². The lowest BCUT2D eigenvalue weighted by atomic mass is 9.56. The molecule has 4 saturated carbocycles. The molecule has 8 atom stereocenters. The van der Waals surface area contributed by atoms with Gasteiger partial charge in [0.2, 0.25) is 0 Å². The van der Waals surface area contributed by atoms with E-state index in [-0.39, 0.29) is 0 Å². The van der Waals surface area contributed by atoms with Gasteiger partial charge >= 0.3 is 0 Å². The predicted molar refractivity (Wildman–Crippen MR) is 304 cm³/mol. The second-order valence-corrected chi connectivity index (χ2v) is 25.0. The zero-order chi connectivity index (χ0) is 48.5. The molecular formula is C73H70. The summed E-state index contributed by atoms with van der Waals surface area (Å²) in [4.78, 5) is 0. The lowest BCUT2D eigenvalue weighted by Crippen LogP contribution is -2.39. The van der Waals surface area contributed by atoms with Gasteiger partial charge in [-0.25, -0.2) is 0 Å². The molecule has 0 nitrogen and oxygen atoms in total. The van der Waals surface area contributed by atoms with Gasteiger partial charge in [0, 0.05) is 0 Å². The standard InChI is InChI=1S/C73H70/c1-71-39-9-19-67(71)65-35-31-55-43-53(29-33-59(55)61(65)37-41-71)49-25-21-47(22-26-49)51-11-7-13-57(45-51)73(69-17-5-3-15-63(69)64-16-4-6-18-70(64)73)58-14-8-12-52(46-58)48-23-27-50(28-24-48)54-30-34-60-56(44-54)32-36-66-62(60)38-42-72(2)40-10-20-68(66)72/h3-8,11-18,21-30,33-34,43-46,61-62,65-68H,9-10,19-20,31-32,35-42H2,1-2H3/t61-,62-,65-,66-,67+,68+,71+,72+/m1/s1. The molecule has 8 aromatic rings. The average molecular weight is 947 g/mol. The summed E-state index contributed by atoms with van der Waals surface area (Å²) in [5.41, 5.74) is 25.6. The molecular weight excluding hydrogens is 877 g/mol. The average Bonchev–Trinajstić information content (AvgIpc) is 4.15. The summed E-state index contributed by atoms with van der Waals surface area (Å²) in [5.74, 6) is 5.18. The van der Waals surface area contributed by atoms with Crippen LogP contribution in [0.15, 0.2) is 182 Å². The molecule has 0 N–H and O–H groups in total. The molecule has 15 rings (SSSR count). The van der Waals surface area contributed by atoms with Crippen molar-refractivity contribution in [1.29, 1.82) is 0 Å². The first kappa shape index (κ1) is 44.3. The Morgan fingerprint density at radius 2 is 0.740 bits per heavy atom. The number of fused-ring (bicyclic) bond motifs is 13. The Morgan fingerprint density at radius 1 is 0.342 bits per heavy atom. The Kier molecular flexibility index (Phi) is 10.2. The van der Waals surface area contributed by atoms with Crippen LogP contribution in [0, 0.1) is 34.5 Å². The van der Waals surface area contributed by atoms with E-state index in [4.69, 9.17) is 0 Å². The molecule has 7 aliphatic carbocycles. The second kappa shape index (κ2) is 16.9. The summed E-state index contributed by atoms with van der Waals surface area (Å²) >= 11 is 0. The number of aryl methyl sites for hydroxylation is 2. The minimum Gasteiger partial charge on any atom is -0.0619 e. The molecule has 0 radical (unpaired) electrons. The van der Waals surface area contributed by atoms with Crippen molar-refractivity contribution in [2.24, 2.45) is 34.5 Å². The molecule has 0 spiro atoms. The molecule has 4 fully saturated rings. The molecule has 0 bridgehead atoms. The minimum absolute atomic E-state index is 0.493. The summed E-state index contributed by atoms with van der Waals surface area (Å²) in [7, 11) is 0. The maximum Gasteiger partial charge on any atom is 0.0713 e. The Morgan fingerprint density at radius 3 is 1.18 bits per heavy atom. The third-order valence-corrected chi connectivity index (χ3v) is 21.7. The normalized spacial score (nSPS) is 27.9. The number of hydrogen-bond acceptors (Lipinski definition) is 0. The number of benzene rings is 8. The van der Waals surface area contributed by atoms with E-state index in [0.29, 0.717) is 10.8 Å². The van der Waals surface area contributed by atoms with Crippen LogP contribution in [0.3, 0.4) is 0 Å². The van der Waals surface area contributed by atoms with Gasteiger partial charge in [0.1, 0.15) is 0 Å². The van der Waals surface area contributed by atoms with Gasteiger partial charge in [0.05, 0.1) is 5.41 Å². The van der Waals surface area contributed by atoms with Crippen LogP contribution in [0.25, 0.3) is 55.6 Å². The van der Waals surface area contributed by atoms with Crippen molar-refractivity contribution in [2.75, 3.05) is 0 Å². The molecule has 0 heterocycles. The first-order chi connectivity index (χ1) is 35.8. The summed E-state index contributed by atoms with van der Waals surface area (Å²) in [6.45, 7) is 5.23. The van der Waals surface area contributed by atoms with Crippen molar-refractivity contribution in [3.63, 3.8) is 0 Å². The van der Waals surface area contributed by atoms with Crippen molar-refractivity contribution in [2.45, 2.75) is 121 Å². The van der Waals surface area contributed by atoms with E-state index in [2.05, 4.69) is 196 Å². The van der Waals surface area contributed by atoms with Crippen LogP contribution in [-0.4, -0.2) is 0 Å². The van der Waals surface area contributed by atoms with Gasteiger partial charge in [-0.2, -0.15) is 0 Å². The Bertz CT molecular complexity index is 3210. The molecule has 8 aromatic carbocycles. The lowest BCUT2D eigenvalue weighted by Gasteiger charge is -2.49. The Balaban J connectivity index is 0.744. The SMILES string of the molecule is C[C@@]12CCC[C@H]1[C@@H]1CCc3cc(-c4ccc(-c5cccc(C6(c7cccc(-c8ccc(-c9ccc%10c(c9)CC[C@@H]9[C@@H]%10CC[C@]%10(C)CCC[C@@H]9%10)cc8)c7)c7ccccc7-c7ccccc76)c5)cc4)ccc3[C@H]1CC2. The van der Waals surface area contributed by atoms with Crippen LogP contribution in [0.2, 0.25) is 0 Å². The van der Waals surface area contributed by atoms with Gasteiger partial charge < -0.3 is 0 Å². The van der Waals surface area contributed by atoms with E-state index in [0.717, 1.165) is 35.5 Å². The summed E-state index contributed by atoms with van der Waals surface area (Å²) in [6, 6.07) is 71.2. The van der Waals surface area contributed by atoms with Crippen LogP contribution in [0.5, 0.6) is 0 Å². The predicted octanol–water partition coefficient (Wildman–Crippen LogP) is 19.2. The van der Waals surface area contributed by atoms with Gasteiger partial charge in [0.15, 0.2) is 0 Å².